The summed E-state index contributed by atoms with van der Waals surface area (Å²) in [6, 6.07) is 12.7. The maximum atomic E-state index is 13.6. The molecule has 2 heterocycles. The Hall–Kier alpha value is -2.84. The van der Waals surface area contributed by atoms with Crippen molar-refractivity contribution in [2.24, 2.45) is 7.05 Å². The molecule has 0 radical (unpaired) electrons. The van der Waals surface area contributed by atoms with Gasteiger partial charge < -0.3 is 14.6 Å². The predicted octanol–water partition coefficient (Wildman–Crippen LogP) is 4.04. The van der Waals surface area contributed by atoms with E-state index < -0.39 is 11.9 Å². The van der Waals surface area contributed by atoms with E-state index >= 15 is 0 Å². The Labute approximate surface area is 190 Å². The number of hydrogen-bond acceptors (Lipinski definition) is 4. The lowest BCUT2D eigenvalue weighted by Crippen LogP contribution is -2.44. The number of benzene rings is 2. The lowest BCUT2D eigenvalue weighted by Gasteiger charge is -2.30. The molecule has 1 aliphatic heterocycles. The Kier molecular flexibility index (Phi) is 6.81. The molecule has 0 fully saturated rings. The van der Waals surface area contributed by atoms with Crippen LogP contribution in [0.15, 0.2) is 53.6 Å². The second kappa shape index (κ2) is 9.75. The van der Waals surface area contributed by atoms with Crippen molar-refractivity contribution in [2.75, 3.05) is 30.4 Å². The lowest BCUT2D eigenvalue weighted by atomic mass is 10.0. The number of aryl methyl sites for hydroxylation is 1. The van der Waals surface area contributed by atoms with Gasteiger partial charge in [-0.2, -0.15) is 0 Å². The molecule has 1 aliphatic rings. The highest BCUT2D eigenvalue weighted by molar-refractivity contribution is 8.00. The maximum Gasteiger partial charge on any atom is 0.247 e. The van der Waals surface area contributed by atoms with Gasteiger partial charge in [-0.15, -0.1) is 0 Å². The summed E-state index contributed by atoms with van der Waals surface area (Å²) in [7, 11) is 1.95. The van der Waals surface area contributed by atoms with Crippen molar-refractivity contribution >= 4 is 40.2 Å². The summed E-state index contributed by atoms with van der Waals surface area (Å²) in [4.78, 5) is 28.3. The smallest absolute Gasteiger partial charge is 0.247 e. The molecule has 6 nitrogen and oxygen atoms in total. The van der Waals surface area contributed by atoms with Gasteiger partial charge in [0.05, 0.1) is 10.8 Å². The lowest BCUT2D eigenvalue weighted by molar-refractivity contribution is -0.125. The van der Waals surface area contributed by atoms with Crippen molar-refractivity contribution in [1.82, 2.24) is 9.88 Å². The first-order valence-corrected chi connectivity index (χ1v) is 11.6. The van der Waals surface area contributed by atoms with E-state index in [0.717, 1.165) is 21.5 Å². The predicted molar refractivity (Wildman–Crippen MR) is 124 cm³/mol. The number of halogens is 1. The molecule has 4 rings (SSSR count). The summed E-state index contributed by atoms with van der Waals surface area (Å²) in [5.74, 6) is -0.674. The van der Waals surface area contributed by atoms with Crippen LogP contribution in [0.2, 0.25) is 0 Å². The van der Waals surface area contributed by atoms with E-state index in [9.17, 15) is 14.0 Å². The monoisotopic (exact) mass is 455 g/mol. The largest absolute Gasteiger partial charge is 0.382 e. The zero-order valence-electron chi connectivity index (χ0n) is 18.1. The van der Waals surface area contributed by atoms with Gasteiger partial charge in [0.2, 0.25) is 11.8 Å². The fraction of sp³-hybridized carbons (Fsp3) is 0.333. The summed E-state index contributed by atoms with van der Waals surface area (Å²) in [5.41, 5.74) is 2.28. The number of aromatic nitrogens is 1. The van der Waals surface area contributed by atoms with Crippen LogP contribution < -0.4 is 10.2 Å². The van der Waals surface area contributed by atoms with E-state index in [4.69, 9.17) is 4.74 Å². The summed E-state index contributed by atoms with van der Waals surface area (Å²) in [6.45, 7) is 3.54. The molecule has 0 aliphatic carbocycles. The molecule has 0 saturated carbocycles. The van der Waals surface area contributed by atoms with E-state index in [1.165, 1.54) is 28.8 Å². The number of thioether (sulfide) groups is 1. The summed E-state index contributed by atoms with van der Waals surface area (Å²) in [5, 5.41) is 4.79. The number of hydrogen-bond donors (Lipinski definition) is 1. The fourth-order valence-corrected chi connectivity index (χ4v) is 5.15. The highest BCUT2D eigenvalue weighted by Crippen LogP contribution is 2.43. The molecule has 1 N–H and O–H groups in total. The molecule has 3 aromatic rings. The van der Waals surface area contributed by atoms with Crippen molar-refractivity contribution < 1.29 is 18.7 Å². The van der Waals surface area contributed by atoms with Crippen molar-refractivity contribution in [1.29, 1.82) is 0 Å². The van der Waals surface area contributed by atoms with Crippen LogP contribution in [-0.2, 0) is 21.4 Å². The molecule has 32 heavy (non-hydrogen) atoms. The van der Waals surface area contributed by atoms with Gasteiger partial charge in [0.25, 0.3) is 0 Å². The van der Waals surface area contributed by atoms with E-state index in [1.54, 1.807) is 12.1 Å². The highest BCUT2D eigenvalue weighted by atomic mass is 32.2. The van der Waals surface area contributed by atoms with Gasteiger partial charge in [-0.05, 0) is 43.7 Å². The molecule has 168 valence electrons. The Bertz CT molecular complexity index is 1130. The van der Waals surface area contributed by atoms with Crippen LogP contribution >= 0.6 is 11.8 Å². The van der Waals surface area contributed by atoms with E-state index in [-0.39, 0.29) is 17.6 Å². The van der Waals surface area contributed by atoms with Gasteiger partial charge in [0.15, 0.2) is 0 Å². The Morgan fingerprint density at radius 2 is 1.97 bits per heavy atom. The molecular weight excluding hydrogens is 429 g/mol. The first-order valence-electron chi connectivity index (χ1n) is 10.7. The number of anilines is 1. The third-order valence-electron chi connectivity index (χ3n) is 5.55. The van der Waals surface area contributed by atoms with Crippen LogP contribution in [0.5, 0.6) is 0 Å². The summed E-state index contributed by atoms with van der Waals surface area (Å²) < 4.78 is 21.0. The normalized spacial score (nSPS) is 16.2. The molecule has 8 heteroatoms. The van der Waals surface area contributed by atoms with Crippen LogP contribution in [-0.4, -0.2) is 41.9 Å². The second-order valence-corrected chi connectivity index (χ2v) is 8.53. The minimum absolute atomic E-state index is 0.183. The van der Waals surface area contributed by atoms with Crippen molar-refractivity contribution in [3.63, 3.8) is 0 Å². The van der Waals surface area contributed by atoms with Gasteiger partial charge in [-0.3, -0.25) is 14.5 Å². The van der Waals surface area contributed by atoms with Crippen LogP contribution in [0.4, 0.5) is 10.1 Å². The van der Waals surface area contributed by atoms with Crippen LogP contribution in [0.3, 0.4) is 0 Å². The van der Waals surface area contributed by atoms with Crippen LogP contribution in [0, 0.1) is 5.82 Å². The maximum absolute atomic E-state index is 13.6. The molecule has 0 saturated heterocycles. The highest BCUT2D eigenvalue weighted by Gasteiger charge is 2.39. The molecule has 0 spiro atoms. The van der Waals surface area contributed by atoms with Gasteiger partial charge >= 0.3 is 0 Å². The fourth-order valence-electron chi connectivity index (χ4n) is 4.08. The Morgan fingerprint density at radius 3 is 2.72 bits per heavy atom. The number of nitrogens with one attached hydrogen (secondary N) is 1. The van der Waals surface area contributed by atoms with Crippen molar-refractivity contribution in [2.45, 2.75) is 24.4 Å². The van der Waals surface area contributed by atoms with Gasteiger partial charge in [-0.25, -0.2) is 4.39 Å². The minimum atomic E-state index is -0.865. The van der Waals surface area contributed by atoms with Gasteiger partial charge in [0, 0.05) is 49.0 Å². The number of carbonyl (C=O) groups excluding carboxylic acids is 2. The number of ether oxygens (including phenoxy) is 1. The molecule has 2 aromatic carbocycles. The number of fused-ring (bicyclic) bond motifs is 3. The summed E-state index contributed by atoms with van der Waals surface area (Å²) >= 11 is 1.43. The quantitative estimate of drug-likeness (QED) is 0.546. The number of carbonyl (C=O) groups is 2. The SMILES string of the molecule is CCOCCCNC(=O)[C@@H]1c2c(n(C)c3ccccc23)SCC(=O)N1c1ccc(F)cc1. The van der Waals surface area contributed by atoms with Crippen molar-refractivity contribution in [3.8, 4) is 0 Å². The zero-order valence-corrected chi connectivity index (χ0v) is 19.0. The van der Waals surface area contributed by atoms with Gasteiger partial charge in [0.1, 0.15) is 11.9 Å². The zero-order chi connectivity index (χ0) is 22.7. The van der Waals surface area contributed by atoms with Gasteiger partial charge in [-0.1, -0.05) is 30.0 Å². The number of nitrogens with zero attached hydrogens (tertiary/aromatic N) is 2. The van der Waals surface area contributed by atoms with E-state index in [2.05, 4.69) is 5.32 Å². The van der Waals surface area contributed by atoms with Crippen LogP contribution in [0.25, 0.3) is 10.9 Å². The summed E-state index contributed by atoms with van der Waals surface area (Å²) in [6.07, 6.45) is 0.675. The van der Waals surface area contributed by atoms with E-state index in [0.29, 0.717) is 31.9 Å². The molecule has 1 aromatic heterocycles. The first-order chi connectivity index (χ1) is 15.5. The molecular formula is C24H26FN3O3S. The number of para-hydroxylation sites is 1. The third kappa shape index (κ3) is 4.25. The van der Waals surface area contributed by atoms with Crippen LogP contribution in [0.1, 0.15) is 24.9 Å². The van der Waals surface area contributed by atoms with E-state index in [1.807, 2.05) is 42.8 Å². The Balaban J connectivity index is 1.80. The average Bonchev–Trinajstić information content (AvgIpc) is 2.97. The molecule has 1 atom stereocenters. The topological polar surface area (TPSA) is 63.6 Å². The molecule has 0 unspecified atom stereocenters. The molecule has 0 bridgehead atoms. The molecule has 2 amide bonds. The first kappa shape index (κ1) is 22.4. The Morgan fingerprint density at radius 1 is 1.22 bits per heavy atom. The van der Waals surface area contributed by atoms with Crippen molar-refractivity contribution in [3.05, 3.63) is 59.9 Å². The second-order valence-electron chi connectivity index (χ2n) is 7.57. The minimum Gasteiger partial charge on any atom is -0.382 e. The number of amides is 2. The average molecular weight is 456 g/mol. The number of rotatable bonds is 7. The standard InChI is InChI=1S/C24H26FN3O3S/c1-3-31-14-6-13-26-23(30)22-21-18-7-4-5-8-19(18)27(2)24(21)32-15-20(29)28(22)17-11-9-16(25)10-12-17/h4-5,7-12,22H,3,6,13-15H2,1-2H3,(H,26,30)/t22-/m0/s1. The third-order valence-corrected chi connectivity index (χ3v) is 6.70.